The largest absolute Gasteiger partial charge is 0.313 e. The molecule has 0 radical (unpaired) electrons. The molecular formula is C8H7BrClN3S. The van der Waals surface area contributed by atoms with Crippen LogP contribution in [-0.2, 0) is 0 Å². The SMILES string of the molecule is CSNc1n[nH]c2c(Br)ccc(Cl)c12. The van der Waals surface area contributed by atoms with E-state index >= 15 is 0 Å². The zero-order valence-corrected chi connectivity index (χ0v) is 10.4. The van der Waals surface area contributed by atoms with Crippen LogP contribution in [0.2, 0.25) is 5.02 Å². The van der Waals surface area contributed by atoms with Crippen LogP contribution < -0.4 is 4.72 Å². The van der Waals surface area contributed by atoms with Gasteiger partial charge in [-0.15, -0.1) is 0 Å². The summed E-state index contributed by atoms with van der Waals surface area (Å²) in [5, 5.41) is 8.66. The van der Waals surface area contributed by atoms with Crippen molar-refractivity contribution in [3.05, 3.63) is 21.6 Å². The Morgan fingerprint density at radius 3 is 3.07 bits per heavy atom. The van der Waals surface area contributed by atoms with Gasteiger partial charge in [-0.25, -0.2) is 0 Å². The number of fused-ring (bicyclic) bond motifs is 1. The molecule has 0 aliphatic carbocycles. The van der Waals surface area contributed by atoms with Crippen LogP contribution in [0.4, 0.5) is 5.82 Å². The number of nitrogens with zero attached hydrogens (tertiary/aromatic N) is 1. The van der Waals surface area contributed by atoms with Gasteiger partial charge in [0.05, 0.1) is 15.9 Å². The fraction of sp³-hybridized carbons (Fsp3) is 0.125. The average molecular weight is 293 g/mol. The van der Waals surface area contributed by atoms with E-state index in [2.05, 4.69) is 30.8 Å². The number of halogens is 2. The summed E-state index contributed by atoms with van der Waals surface area (Å²) >= 11 is 11.0. The van der Waals surface area contributed by atoms with Gasteiger partial charge < -0.3 is 4.72 Å². The van der Waals surface area contributed by atoms with Crippen molar-refractivity contribution < 1.29 is 0 Å². The Bertz CT molecular complexity index is 471. The lowest BCUT2D eigenvalue weighted by Gasteiger charge is -1.99. The van der Waals surface area contributed by atoms with Crippen molar-refractivity contribution >= 4 is 56.2 Å². The molecule has 0 amide bonds. The van der Waals surface area contributed by atoms with Crippen molar-refractivity contribution in [2.45, 2.75) is 0 Å². The van der Waals surface area contributed by atoms with E-state index in [4.69, 9.17) is 11.6 Å². The number of aromatic nitrogens is 2. The minimum atomic E-state index is 0.688. The second kappa shape index (κ2) is 4.00. The molecule has 14 heavy (non-hydrogen) atoms. The molecule has 0 spiro atoms. The molecule has 0 aliphatic heterocycles. The van der Waals surface area contributed by atoms with Gasteiger partial charge in [0.2, 0.25) is 0 Å². The summed E-state index contributed by atoms with van der Waals surface area (Å²) in [5.74, 6) is 0.763. The summed E-state index contributed by atoms with van der Waals surface area (Å²) in [4.78, 5) is 0. The van der Waals surface area contributed by atoms with Crippen LogP contribution in [0.15, 0.2) is 16.6 Å². The third-order valence-corrected chi connectivity index (χ3v) is 3.19. The fourth-order valence-corrected chi connectivity index (χ4v) is 2.24. The van der Waals surface area contributed by atoms with E-state index in [1.54, 1.807) is 0 Å². The van der Waals surface area contributed by atoms with Crippen LogP contribution in [0, 0.1) is 0 Å². The lowest BCUT2D eigenvalue weighted by Crippen LogP contribution is -1.84. The molecule has 0 saturated heterocycles. The van der Waals surface area contributed by atoms with Crippen LogP contribution in [0.3, 0.4) is 0 Å². The monoisotopic (exact) mass is 291 g/mol. The summed E-state index contributed by atoms with van der Waals surface area (Å²) in [7, 11) is 0. The Labute approximate surface area is 98.9 Å². The second-order valence-corrected chi connectivity index (χ2v) is 4.53. The highest BCUT2D eigenvalue weighted by molar-refractivity contribution is 9.10. The first kappa shape index (κ1) is 10.1. The molecule has 2 aromatic rings. The molecule has 6 heteroatoms. The van der Waals surface area contributed by atoms with E-state index in [0.717, 1.165) is 21.2 Å². The van der Waals surface area contributed by atoms with Gasteiger partial charge in [0, 0.05) is 10.7 Å². The Morgan fingerprint density at radius 2 is 2.36 bits per heavy atom. The highest BCUT2D eigenvalue weighted by atomic mass is 79.9. The molecule has 0 saturated carbocycles. The van der Waals surface area contributed by atoms with Crippen LogP contribution in [-0.4, -0.2) is 16.5 Å². The first-order valence-electron chi connectivity index (χ1n) is 3.85. The molecule has 1 aromatic heterocycles. The second-order valence-electron chi connectivity index (χ2n) is 2.66. The maximum atomic E-state index is 6.08. The fourth-order valence-electron chi connectivity index (χ4n) is 1.23. The molecular weight excluding hydrogens is 286 g/mol. The van der Waals surface area contributed by atoms with Gasteiger partial charge in [-0.1, -0.05) is 23.5 Å². The number of hydrogen-bond acceptors (Lipinski definition) is 3. The number of benzene rings is 1. The van der Waals surface area contributed by atoms with Crippen molar-refractivity contribution in [2.24, 2.45) is 0 Å². The minimum absolute atomic E-state index is 0.688. The lowest BCUT2D eigenvalue weighted by molar-refractivity contribution is 1.12. The van der Waals surface area contributed by atoms with Crippen LogP contribution >= 0.6 is 39.5 Å². The van der Waals surface area contributed by atoms with Crippen LogP contribution in [0.1, 0.15) is 0 Å². The van der Waals surface area contributed by atoms with Crippen molar-refractivity contribution in [3.8, 4) is 0 Å². The lowest BCUT2D eigenvalue weighted by atomic mass is 10.2. The molecule has 0 aliphatic rings. The third-order valence-electron chi connectivity index (χ3n) is 1.82. The smallest absolute Gasteiger partial charge is 0.167 e. The van der Waals surface area contributed by atoms with Crippen molar-refractivity contribution in [2.75, 3.05) is 11.0 Å². The van der Waals surface area contributed by atoms with Crippen molar-refractivity contribution in [3.63, 3.8) is 0 Å². The molecule has 0 fully saturated rings. The van der Waals surface area contributed by atoms with E-state index in [1.165, 1.54) is 11.9 Å². The zero-order chi connectivity index (χ0) is 10.1. The quantitative estimate of drug-likeness (QED) is 0.830. The number of rotatable bonds is 2. The van der Waals surface area contributed by atoms with Gasteiger partial charge in [-0.3, -0.25) is 5.10 Å². The molecule has 2 N–H and O–H groups in total. The normalized spacial score (nSPS) is 10.8. The summed E-state index contributed by atoms with van der Waals surface area (Å²) in [6.07, 6.45) is 1.94. The first-order chi connectivity index (χ1) is 6.74. The molecule has 1 heterocycles. The number of anilines is 1. The van der Waals surface area contributed by atoms with Crippen LogP contribution in [0.25, 0.3) is 10.9 Å². The minimum Gasteiger partial charge on any atom is -0.313 e. The molecule has 1 aromatic carbocycles. The van der Waals surface area contributed by atoms with E-state index in [1.807, 2.05) is 18.4 Å². The van der Waals surface area contributed by atoms with Gasteiger partial charge in [0.1, 0.15) is 0 Å². The van der Waals surface area contributed by atoms with Gasteiger partial charge in [0.15, 0.2) is 5.82 Å². The highest BCUT2D eigenvalue weighted by Crippen LogP contribution is 2.33. The zero-order valence-electron chi connectivity index (χ0n) is 7.27. The maximum Gasteiger partial charge on any atom is 0.167 e. The molecule has 2 rings (SSSR count). The Morgan fingerprint density at radius 1 is 1.57 bits per heavy atom. The van der Waals surface area contributed by atoms with Crippen molar-refractivity contribution in [1.82, 2.24) is 10.2 Å². The Kier molecular flexibility index (Phi) is 2.90. The summed E-state index contributed by atoms with van der Waals surface area (Å²) in [6.45, 7) is 0. The number of H-pyrrole nitrogens is 1. The predicted octanol–water partition coefficient (Wildman–Crippen LogP) is 3.67. The van der Waals surface area contributed by atoms with E-state index in [-0.39, 0.29) is 0 Å². The van der Waals surface area contributed by atoms with Gasteiger partial charge in [0.25, 0.3) is 0 Å². The Balaban J connectivity index is 2.70. The van der Waals surface area contributed by atoms with Gasteiger partial charge in [-0.05, 0) is 28.1 Å². The average Bonchev–Trinajstić information content (AvgIpc) is 2.58. The van der Waals surface area contributed by atoms with Gasteiger partial charge >= 0.3 is 0 Å². The van der Waals surface area contributed by atoms with E-state index < -0.39 is 0 Å². The summed E-state index contributed by atoms with van der Waals surface area (Å²) < 4.78 is 4.02. The third kappa shape index (κ3) is 1.60. The molecule has 0 bridgehead atoms. The van der Waals surface area contributed by atoms with Gasteiger partial charge in [-0.2, -0.15) is 5.10 Å². The molecule has 74 valence electrons. The van der Waals surface area contributed by atoms with Crippen LogP contribution in [0.5, 0.6) is 0 Å². The standard InChI is InChI=1S/C8H7BrClN3S/c1-14-13-8-6-5(10)3-2-4(9)7(6)11-12-8/h2-3H,1H3,(H2,11,12,13). The first-order valence-corrected chi connectivity index (χ1v) is 6.24. The van der Waals surface area contributed by atoms with E-state index in [0.29, 0.717) is 5.02 Å². The highest BCUT2D eigenvalue weighted by Gasteiger charge is 2.10. The molecule has 0 atom stereocenters. The van der Waals surface area contributed by atoms with Crippen molar-refractivity contribution in [1.29, 1.82) is 0 Å². The molecule has 3 nitrogen and oxygen atoms in total. The van der Waals surface area contributed by atoms with E-state index in [9.17, 15) is 0 Å². The number of aromatic amines is 1. The number of nitrogens with one attached hydrogen (secondary N) is 2. The topological polar surface area (TPSA) is 40.7 Å². The Hall–Kier alpha value is -0.390. The predicted molar refractivity (Wildman–Crippen MR) is 65.9 cm³/mol. The summed E-state index contributed by atoms with van der Waals surface area (Å²) in [6, 6.07) is 3.74. The molecule has 0 unspecified atom stereocenters. The number of hydrogen-bond donors (Lipinski definition) is 2. The maximum absolute atomic E-state index is 6.08. The summed E-state index contributed by atoms with van der Waals surface area (Å²) in [5.41, 5.74) is 0.911.